The van der Waals surface area contributed by atoms with Gasteiger partial charge in [0.15, 0.2) is 0 Å². The lowest BCUT2D eigenvalue weighted by atomic mass is 10.0. The molecule has 0 aromatic heterocycles. The van der Waals surface area contributed by atoms with Gasteiger partial charge < -0.3 is 15.7 Å². The average molecular weight is 228 g/mol. The summed E-state index contributed by atoms with van der Waals surface area (Å²) in [5.74, 6) is -0.900. The number of aliphatic carboxylic acids is 1. The molecule has 0 saturated carbocycles. The molecule has 1 rings (SSSR count). The maximum Gasteiger partial charge on any atom is 0.326 e. The molecule has 1 heterocycles. The molecule has 92 valence electrons. The van der Waals surface area contributed by atoms with Gasteiger partial charge in [-0.3, -0.25) is 4.79 Å². The molecule has 0 aromatic rings. The molecule has 16 heavy (non-hydrogen) atoms. The quantitative estimate of drug-likeness (QED) is 0.634. The Morgan fingerprint density at radius 1 is 1.50 bits per heavy atom. The van der Waals surface area contributed by atoms with Crippen molar-refractivity contribution in [2.75, 3.05) is 6.54 Å². The molecule has 1 saturated heterocycles. The van der Waals surface area contributed by atoms with Gasteiger partial charge in [0, 0.05) is 0 Å². The second kappa shape index (κ2) is 5.84. The van der Waals surface area contributed by atoms with E-state index in [1.54, 1.807) is 0 Å². The van der Waals surface area contributed by atoms with Gasteiger partial charge in [-0.15, -0.1) is 0 Å². The highest BCUT2D eigenvalue weighted by Gasteiger charge is 2.27. The van der Waals surface area contributed by atoms with Gasteiger partial charge in [0.25, 0.3) is 0 Å². The van der Waals surface area contributed by atoms with Crippen LogP contribution >= 0.6 is 0 Å². The van der Waals surface area contributed by atoms with E-state index in [9.17, 15) is 9.59 Å². The predicted octanol–water partition coefficient (Wildman–Crippen LogP) is 0.354. The minimum atomic E-state index is -0.958. The molecule has 0 radical (unpaired) electrons. The van der Waals surface area contributed by atoms with Crippen LogP contribution in [0.25, 0.3) is 0 Å². The van der Waals surface area contributed by atoms with Crippen molar-refractivity contribution >= 4 is 11.9 Å². The van der Waals surface area contributed by atoms with Crippen LogP contribution in [0.15, 0.2) is 0 Å². The van der Waals surface area contributed by atoms with Crippen molar-refractivity contribution in [1.29, 1.82) is 0 Å². The summed E-state index contributed by atoms with van der Waals surface area (Å²) in [5.41, 5.74) is 0. The first-order valence-electron chi connectivity index (χ1n) is 5.77. The van der Waals surface area contributed by atoms with E-state index in [-0.39, 0.29) is 17.9 Å². The van der Waals surface area contributed by atoms with Crippen LogP contribution in [0.4, 0.5) is 0 Å². The Balaban J connectivity index is 2.47. The number of nitrogens with one attached hydrogen (secondary N) is 2. The summed E-state index contributed by atoms with van der Waals surface area (Å²) in [7, 11) is 0. The molecule has 5 nitrogen and oxygen atoms in total. The fourth-order valence-electron chi connectivity index (χ4n) is 1.87. The first-order valence-corrected chi connectivity index (χ1v) is 5.77. The molecular weight excluding hydrogens is 208 g/mol. The number of carbonyl (C=O) groups is 2. The summed E-state index contributed by atoms with van der Waals surface area (Å²) < 4.78 is 0. The Bertz CT molecular complexity index is 260. The second-order valence-corrected chi connectivity index (χ2v) is 4.68. The van der Waals surface area contributed by atoms with Crippen LogP contribution < -0.4 is 10.6 Å². The topological polar surface area (TPSA) is 78.4 Å². The highest BCUT2D eigenvalue weighted by atomic mass is 16.4. The Morgan fingerprint density at radius 3 is 2.62 bits per heavy atom. The van der Waals surface area contributed by atoms with Crippen LogP contribution in [-0.4, -0.2) is 35.6 Å². The average Bonchev–Trinajstić information content (AvgIpc) is 2.68. The molecule has 1 unspecified atom stereocenters. The molecule has 3 N–H and O–H groups in total. The fraction of sp³-hybridized carbons (Fsp3) is 0.818. The van der Waals surface area contributed by atoms with Crippen LogP contribution in [0.1, 0.15) is 33.1 Å². The number of hydrogen-bond acceptors (Lipinski definition) is 3. The summed E-state index contributed by atoms with van der Waals surface area (Å²) in [6, 6.07) is -0.982. The Labute approximate surface area is 95.6 Å². The van der Waals surface area contributed by atoms with E-state index < -0.39 is 12.0 Å². The zero-order valence-electron chi connectivity index (χ0n) is 9.82. The molecule has 5 heteroatoms. The SMILES string of the molecule is CC(C)C[C@@H](NC(=O)C1CCCN1)C(=O)O. The van der Waals surface area contributed by atoms with Crippen LogP contribution in [0.3, 0.4) is 0 Å². The summed E-state index contributed by atoms with van der Waals surface area (Å²) >= 11 is 0. The van der Waals surface area contributed by atoms with Gasteiger partial charge in [-0.2, -0.15) is 0 Å². The zero-order chi connectivity index (χ0) is 12.1. The van der Waals surface area contributed by atoms with Crippen molar-refractivity contribution in [2.24, 2.45) is 5.92 Å². The van der Waals surface area contributed by atoms with E-state index in [2.05, 4.69) is 10.6 Å². The Kier molecular flexibility index (Phi) is 4.73. The van der Waals surface area contributed by atoms with Crippen molar-refractivity contribution in [1.82, 2.24) is 10.6 Å². The van der Waals surface area contributed by atoms with Crippen molar-refractivity contribution in [3.63, 3.8) is 0 Å². The zero-order valence-corrected chi connectivity index (χ0v) is 9.82. The summed E-state index contributed by atoms with van der Waals surface area (Å²) in [4.78, 5) is 22.7. The number of amides is 1. The molecule has 0 spiro atoms. The molecule has 2 atom stereocenters. The summed E-state index contributed by atoms with van der Waals surface area (Å²) in [6.45, 7) is 4.71. The Hall–Kier alpha value is -1.10. The lowest BCUT2D eigenvalue weighted by Gasteiger charge is -2.18. The van der Waals surface area contributed by atoms with Crippen molar-refractivity contribution in [2.45, 2.75) is 45.2 Å². The van der Waals surface area contributed by atoms with Gasteiger partial charge in [-0.25, -0.2) is 4.79 Å². The number of carbonyl (C=O) groups excluding carboxylic acids is 1. The largest absolute Gasteiger partial charge is 0.480 e. The normalized spacial score (nSPS) is 22.1. The third kappa shape index (κ3) is 3.81. The summed E-state index contributed by atoms with van der Waals surface area (Å²) in [6.07, 6.45) is 2.23. The molecular formula is C11H20N2O3. The molecule has 1 amide bonds. The number of rotatable bonds is 5. The van der Waals surface area contributed by atoms with Gasteiger partial charge in [0.1, 0.15) is 6.04 Å². The number of carboxylic acid groups (broad SMARTS) is 1. The third-order valence-corrected chi connectivity index (χ3v) is 2.70. The first-order chi connectivity index (χ1) is 7.50. The lowest BCUT2D eigenvalue weighted by molar-refractivity contribution is -0.142. The minimum absolute atomic E-state index is 0.189. The highest BCUT2D eigenvalue weighted by Crippen LogP contribution is 2.08. The minimum Gasteiger partial charge on any atom is -0.480 e. The summed E-state index contributed by atoms with van der Waals surface area (Å²) in [5, 5.41) is 14.6. The smallest absolute Gasteiger partial charge is 0.326 e. The lowest BCUT2D eigenvalue weighted by Crippen LogP contribution is -2.48. The van der Waals surface area contributed by atoms with Crippen LogP contribution in [0.5, 0.6) is 0 Å². The van der Waals surface area contributed by atoms with Crippen molar-refractivity contribution < 1.29 is 14.7 Å². The fourth-order valence-corrected chi connectivity index (χ4v) is 1.87. The van der Waals surface area contributed by atoms with E-state index in [1.165, 1.54) is 0 Å². The standard InChI is InChI=1S/C11H20N2O3/c1-7(2)6-9(11(15)16)13-10(14)8-4-3-5-12-8/h7-9,12H,3-6H2,1-2H3,(H,13,14)(H,15,16)/t8?,9-/m1/s1. The van der Waals surface area contributed by atoms with Gasteiger partial charge in [-0.05, 0) is 31.7 Å². The number of hydrogen-bond donors (Lipinski definition) is 3. The predicted molar refractivity (Wildman–Crippen MR) is 60.0 cm³/mol. The van der Waals surface area contributed by atoms with Gasteiger partial charge >= 0.3 is 5.97 Å². The molecule has 0 aromatic carbocycles. The monoisotopic (exact) mass is 228 g/mol. The molecule has 1 aliphatic heterocycles. The van der Waals surface area contributed by atoms with E-state index in [0.29, 0.717) is 6.42 Å². The van der Waals surface area contributed by atoms with Gasteiger partial charge in [0.2, 0.25) is 5.91 Å². The van der Waals surface area contributed by atoms with Gasteiger partial charge in [0.05, 0.1) is 6.04 Å². The third-order valence-electron chi connectivity index (χ3n) is 2.70. The van der Waals surface area contributed by atoms with E-state index >= 15 is 0 Å². The molecule has 1 fully saturated rings. The maximum absolute atomic E-state index is 11.7. The second-order valence-electron chi connectivity index (χ2n) is 4.68. The first kappa shape index (κ1) is 13.0. The van der Waals surface area contributed by atoms with Crippen LogP contribution in [0.2, 0.25) is 0 Å². The van der Waals surface area contributed by atoms with Crippen LogP contribution in [-0.2, 0) is 9.59 Å². The maximum atomic E-state index is 11.7. The van der Waals surface area contributed by atoms with Gasteiger partial charge in [-0.1, -0.05) is 13.8 Å². The van der Waals surface area contributed by atoms with E-state index in [4.69, 9.17) is 5.11 Å². The van der Waals surface area contributed by atoms with Crippen molar-refractivity contribution in [3.05, 3.63) is 0 Å². The van der Waals surface area contributed by atoms with Crippen LogP contribution in [0, 0.1) is 5.92 Å². The highest BCUT2D eigenvalue weighted by molar-refractivity contribution is 5.87. The van der Waals surface area contributed by atoms with E-state index in [0.717, 1.165) is 19.4 Å². The van der Waals surface area contributed by atoms with Crippen molar-refractivity contribution in [3.8, 4) is 0 Å². The molecule has 1 aliphatic rings. The number of carboxylic acids is 1. The molecule has 0 aliphatic carbocycles. The van der Waals surface area contributed by atoms with E-state index in [1.807, 2.05) is 13.8 Å². The Morgan fingerprint density at radius 2 is 2.19 bits per heavy atom. The molecule has 0 bridgehead atoms.